The van der Waals surface area contributed by atoms with Gasteiger partial charge in [-0.3, -0.25) is 4.79 Å². The Balaban J connectivity index is 1.57. The Labute approximate surface area is 137 Å². The van der Waals surface area contributed by atoms with Crippen LogP contribution in [-0.4, -0.2) is 11.1 Å². The van der Waals surface area contributed by atoms with Crippen molar-refractivity contribution < 1.29 is 18.1 Å². The van der Waals surface area contributed by atoms with E-state index in [0.717, 1.165) is 5.56 Å². The van der Waals surface area contributed by atoms with Gasteiger partial charge in [0.05, 0.1) is 12.1 Å². The van der Waals surface area contributed by atoms with Crippen LogP contribution < -0.4 is 5.32 Å². The molecule has 0 aliphatic rings. The minimum absolute atomic E-state index is 0.0614. The number of aromatic nitrogens is 1. The van der Waals surface area contributed by atoms with Crippen LogP contribution >= 0.6 is 0 Å². The van der Waals surface area contributed by atoms with Gasteiger partial charge in [0.25, 0.3) is 0 Å². The standard InChI is InChI=1S/C18H14F2N2O2/c19-14-5-1-12(2-6-14)11-21-18(23)10-16-9-17(24-22-16)13-3-7-15(20)8-4-13/h1-9H,10-11H2,(H,21,23). The highest BCUT2D eigenvalue weighted by Crippen LogP contribution is 2.20. The summed E-state index contributed by atoms with van der Waals surface area (Å²) in [5.41, 5.74) is 1.96. The predicted octanol–water partition coefficient (Wildman–Crippen LogP) is 3.48. The summed E-state index contributed by atoms with van der Waals surface area (Å²) < 4.78 is 30.9. The average molecular weight is 328 g/mol. The van der Waals surface area contributed by atoms with Gasteiger partial charge in [-0.15, -0.1) is 0 Å². The van der Waals surface area contributed by atoms with E-state index >= 15 is 0 Å². The number of hydrogen-bond acceptors (Lipinski definition) is 3. The number of amides is 1. The van der Waals surface area contributed by atoms with Crippen LogP contribution in [0.1, 0.15) is 11.3 Å². The SMILES string of the molecule is O=C(Cc1cc(-c2ccc(F)cc2)on1)NCc1ccc(F)cc1. The maximum absolute atomic E-state index is 12.9. The molecule has 0 fully saturated rings. The Morgan fingerprint density at radius 1 is 1.00 bits per heavy atom. The first-order valence-electron chi connectivity index (χ1n) is 7.33. The Hall–Kier alpha value is -3.02. The largest absolute Gasteiger partial charge is 0.356 e. The molecule has 0 aliphatic carbocycles. The van der Waals surface area contributed by atoms with Crippen LogP contribution in [0, 0.1) is 11.6 Å². The lowest BCUT2D eigenvalue weighted by molar-refractivity contribution is -0.120. The van der Waals surface area contributed by atoms with Crippen molar-refractivity contribution >= 4 is 5.91 Å². The van der Waals surface area contributed by atoms with Gasteiger partial charge in [-0.25, -0.2) is 8.78 Å². The summed E-state index contributed by atoms with van der Waals surface area (Å²) in [6, 6.07) is 13.4. The smallest absolute Gasteiger partial charge is 0.226 e. The third-order valence-corrected chi connectivity index (χ3v) is 3.43. The molecule has 0 aliphatic heterocycles. The van der Waals surface area contributed by atoms with Crippen molar-refractivity contribution in [2.75, 3.05) is 0 Å². The summed E-state index contributed by atoms with van der Waals surface area (Å²) in [4.78, 5) is 11.9. The van der Waals surface area contributed by atoms with Gasteiger partial charge in [0, 0.05) is 18.2 Å². The zero-order chi connectivity index (χ0) is 16.9. The number of nitrogens with zero attached hydrogens (tertiary/aromatic N) is 1. The molecule has 0 saturated heterocycles. The Bertz CT molecular complexity index is 827. The quantitative estimate of drug-likeness (QED) is 0.780. The van der Waals surface area contributed by atoms with Crippen LogP contribution in [0.4, 0.5) is 8.78 Å². The topological polar surface area (TPSA) is 55.1 Å². The molecule has 1 N–H and O–H groups in total. The van der Waals surface area contributed by atoms with Gasteiger partial charge in [0.1, 0.15) is 11.6 Å². The van der Waals surface area contributed by atoms with Gasteiger partial charge < -0.3 is 9.84 Å². The second-order valence-electron chi connectivity index (χ2n) is 5.27. The Kier molecular flexibility index (Phi) is 4.65. The monoisotopic (exact) mass is 328 g/mol. The molecule has 0 unspecified atom stereocenters. The van der Waals surface area contributed by atoms with E-state index in [1.165, 1.54) is 24.3 Å². The summed E-state index contributed by atoms with van der Waals surface area (Å²) in [6.45, 7) is 0.307. The summed E-state index contributed by atoms with van der Waals surface area (Å²) in [5.74, 6) is -0.408. The molecule has 1 amide bonds. The molecule has 1 heterocycles. The summed E-state index contributed by atoms with van der Waals surface area (Å²) >= 11 is 0. The fourth-order valence-corrected chi connectivity index (χ4v) is 2.18. The predicted molar refractivity (Wildman–Crippen MR) is 83.8 cm³/mol. The summed E-state index contributed by atoms with van der Waals surface area (Å²) in [7, 11) is 0. The minimum atomic E-state index is -0.335. The molecule has 1 aromatic heterocycles. The van der Waals surface area contributed by atoms with E-state index < -0.39 is 0 Å². The van der Waals surface area contributed by atoms with E-state index in [1.807, 2.05) is 0 Å². The highest BCUT2D eigenvalue weighted by molar-refractivity contribution is 5.78. The number of carbonyl (C=O) groups excluding carboxylic acids is 1. The first-order valence-corrected chi connectivity index (χ1v) is 7.33. The van der Waals surface area contributed by atoms with Gasteiger partial charge in [0.15, 0.2) is 5.76 Å². The maximum atomic E-state index is 12.9. The van der Waals surface area contributed by atoms with Crippen molar-refractivity contribution in [2.24, 2.45) is 0 Å². The van der Waals surface area contributed by atoms with Gasteiger partial charge in [0.2, 0.25) is 5.91 Å². The summed E-state index contributed by atoms with van der Waals surface area (Å²) in [5, 5.41) is 6.57. The summed E-state index contributed by atoms with van der Waals surface area (Å²) in [6.07, 6.45) is 0.0614. The molecule has 3 rings (SSSR count). The lowest BCUT2D eigenvalue weighted by atomic mass is 10.1. The zero-order valence-electron chi connectivity index (χ0n) is 12.6. The third-order valence-electron chi connectivity index (χ3n) is 3.43. The molecule has 2 aromatic carbocycles. The number of hydrogen-bond donors (Lipinski definition) is 1. The van der Waals surface area contributed by atoms with Crippen LogP contribution in [0.5, 0.6) is 0 Å². The van der Waals surface area contributed by atoms with Crippen molar-refractivity contribution in [1.29, 1.82) is 0 Å². The lowest BCUT2D eigenvalue weighted by Crippen LogP contribution is -2.24. The van der Waals surface area contributed by atoms with Gasteiger partial charge in [-0.1, -0.05) is 17.3 Å². The van der Waals surface area contributed by atoms with Crippen LogP contribution in [0.15, 0.2) is 59.1 Å². The zero-order valence-corrected chi connectivity index (χ0v) is 12.6. The highest BCUT2D eigenvalue weighted by Gasteiger charge is 2.10. The first-order chi connectivity index (χ1) is 11.6. The second-order valence-corrected chi connectivity index (χ2v) is 5.27. The van der Waals surface area contributed by atoms with Gasteiger partial charge in [-0.05, 0) is 42.0 Å². The molecule has 0 bridgehead atoms. The van der Waals surface area contributed by atoms with E-state index in [0.29, 0.717) is 23.6 Å². The van der Waals surface area contributed by atoms with Gasteiger partial charge >= 0.3 is 0 Å². The van der Waals surface area contributed by atoms with Crippen LogP contribution in [0.25, 0.3) is 11.3 Å². The highest BCUT2D eigenvalue weighted by atomic mass is 19.1. The van der Waals surface area contributed by atoms with E-state index in [-0.39, 0.29) is 24.0 Å². The number of nitrogens with one attached hydrogen (secondary N) is 1. The molecule has 3 aromatic rings. The molecule has 0 radical (unpaired) electrons. The minimum Gasteiger partial charge on any atom is -0.356 e. The van der Waals surface area contributed by atoms with Gasteiger partial charge in [-0.2, -0.15) is 0 Å². The fraction of sp³-hybridized carbons (Fsp3) is 0.111. The third kappa shape index (κ3) is 4.04. The second kappa shape index (κ2) is 7.04. The van der Waals surface area contributed by atoms with Crippen LogP contribution in [0.3, 0.4) is 0 Å². The van der Waals surface area contributed by atoms with E-state index in [4.69, 9.17) is 4.52 Å². The number of halogens is 2. The molecular weight excluding hydrogens is 314 g/mol. The first kappa shape index (κ1) is 15.9. The van der Waals surface area contributed by atoms with Crippen molar-refractivity contribution in [1.82, 2.24) is 10.5 Å². The maximum Gasteiger partial charge on any atom is 0.226 e. The van der Waals surface area contributed by atoms with Crippen molar-refractivity contribution in [3.05, 3.63) is 77.5 Å². The number of rotatable bonds is 5. The molecule has 6 heteroatoms. The fourth-order valence-electron chi connectivity index (χ4n) is 2.18. The van der Waals surface area contributed by atoms with Crippen molar-refractivity contribution in [2.45, 2.75) is 13.0 Å². The number of carbonyl (C=O) groups is 1. The molecule has 0 spiro atoms. The van der Waals surface area contributed by atoms with E-state index in [1.54, 1.807) is 30.3 Å². The Morgan fingerprint density at radius 2 is 1.62 bits per heavy atom. The molecular formula is C18H14F2N2O2. The molecule has 0 saturated carbocycles. The number of benzene rings is 2. The van der Waals surface area contributed by atoms with E-state index in [9.17, 15) is 13.6 Å². The molecule has 4 nitrogen and oxygen atoms in total. The van der Waals surface area contributed by atoms with Crippen LogP contribution in [0.2, 0.25) is 0 Å². The molecule has 0 atom stereocenters. The normalized spacial score (nSPS) is 10.6. The molecule has 122 valence electrons. The Morgan fingerprint density at radius 3 is 2.29 bits per heavy atom. The average Bonchev–Trinajstić information content (AvgIpc) is 3.03. The molecule has 24 heavy (non-hydrogen) atoms. The van der Waals surface area contributed by atoms with Crippen molar-refractivity contribution in [3.63, 3.8) is 0 Å². The van der Waals surface area contributed by atoms with E-state index in [2.05, 4.69) is 10.5 Å². The van der Waals surface area contributed by atoms with Crippen molar-refractivity contribution in [3.8, 4) is 11.3 Å². The van der Waals surface area contributed by atoms with Crippen LogP contribution in [-0.2, 0) is 17.8 Å². The lowest BCUT2D eigenvalue weighted by Gasteiger charge is -2.03.